The molecule has 1 fully saturated rings. The summed E-state index contributed by atoms with van der Waals surface area (Å²) in [5, 5.41) is 0.746. The summed E-state index contributed by atoms with van der Waals surface area (Å²) in [4.78, 5) is 32.1. The van der Waals surface area contributed by atoms with E-state index in [0.717, 1.165) is 47.8 Å². The summed E-state index contributed by atoms with van der Waals surface area (Å²) in [5.74, 6) is 1.42. The smallest absolute Gasteiger partial charge is 0.253 e. The number of piperidine rings is 1. The standard InChI is InChI=1S/C30H32N2O3S/c1-21-9-10-25(20-24(21)6-4-8-28(33)27-7-5-17-31-29(27)36-3)30(34)32-18-15-23(16-19-32)22-11-13-26(35-2)14-12-22/h4-7,9-14,17,20,23H,8,15-16,18-19H2,1-3H3/b6-4+. The van der Waals surface area contributed by atoms with E-state index < -0.39 is 0 Å². The van der Waals surface area contributed by atoms with Crippen LogP contribution in [0.25, 0.3) is 6.08 Å². The van der Waals surface area contributed by atoms with E-state index in [-0.39, 0.29) is 18.1 Å². The van der Waals surface area contributed by atoms with Crippen molar-refractivity contribution in [2.45, 2.75) is 37.1 Å². The molecule has 186 valence electrons. The van der Waals surface area contributed by atoms with Gasteiger partial charge >= 0.3 is 0 Å². The van der Waals surface area contributed by atoms with Gasteiger partial charge in [-0.05, 0) is 85.0 Å². The summed E-state index contributed by atoms with van der Waals surface area (Å²) in [5.41, 5.74) is 4.66. The van der Waals surface area contributed by atoms with Gasteiger partial charge in [0, 0.05) is 31.3 Å². The van der Waals surface area contributed by atoms with Crippen molar-refractivity contribution in [3.05, 3.63) is 94.7 Å². The first-order valence-electron chi connectivity index (χ1n) is 12.2. The van der Waals surface area contributed by atoms with E-state index in [0.29, 0.717) is 17.0 Å². The van der Waals surface area contributed by atoms with Crippen LogP contribution >= 0.6 is 11.8 Å². The van der Waals surface area contributed by atoms with Crippen LogP contribution in [0.5, 0.6) is 5.75 Å². The zero-order valence-electron chi connectivity index (χ0n) is 21.1. The number of aromatic nitrogens is 1. The normalized spacial score (nSPS) is 14.2. The highest BCUT2D eigenvalue weighted by Crippen LogP contribution is 2.30. The topological polar surface area (TPSA) is 59.5 Å². The molecule has 5 nitrogen and oxygen atoms in total. The lowest BCUT2D eigenvalue weighted by molar-refractivity contribution is 0.0712. The number of Topliss-reactive ketones (excluding diaryl/α,β-unsaturated/α-hetero) is 1. The number of amides is 1. The van der Waals surface area contributed by atoms with Crippen LogP contribution in [0.3, 0.4) is 0 Å². The van der Waals surface area contributed by atoms with Crippen LogP contribution in [-0.2, 0) is 0 Å². The maximum absolute atomic E-state index is 13.2. The van der Waals surface area contributed by atoms with E-state index in [4.69, 9.17) is 4.74 Å². The molecule has 3 aromatic rings. The molecule has 36 heavy (non-hydrogen) atoms. The number of rotatable bonds is 8. The van der Waals surface area contributed by atoms with Crippen LogP contribution in [0.2, 0.25) is 0 Å². The Morgan fingerprint density at radius 3 is 2.56 bits per heavy atom. The fourth-order valence-electron chi connectivity index (χ4n) is 4.60. The molecule has 1 amide bonds. The Bertz CT molecular complexity index is 1250. The van der Waals surface area contributed by atoms with E-state index in [1.54, 1.807) is 19.4 Å². The Morgan fingerprint density at radius 2 is 1.86 bits per heavy atom. The minimum absolute atomic E-state index is 0.0355. The zero-order chi connectivity index (χ0) is 25.5. The van der Waals surface area contributed by atoms with Crippen molar-refractivity contribution in [3.63, 3.8) is 0 Å². The van der Waals surface area contributed by atoms with Gasteiger partial charge in [-0.25, -0.2) is 4.98 Å². The lowest BCUT2D eigenvalue weighted by Crippen LogP contribution is -2.37. The molecule has 0 radical (unpaired) electrons. The maximum Gasteiger partial charge on any atom is 0.253 e. The molecule has 1 saturated heterocycles. The van der Waals surface area contributed by atoms with Crippen LogP contribution in [0.15, 0.2) is 71.9 Å². The van der Waals surface area contributed by atoms with E-state index in [1.807, 2.05) is 66.6 Å². The first-order valence-corrected chi connectivity index (χ1v) is 13.4. The molecule has 1 aromatic heterocycles. The van der Waals surface area contributed by atoms with E-state index in [2.05, 4.69) is 17.1 Å². The number of carbonyl (C=O) groups excluding carboxylic acids is 2. The Kier molecular flexibility index (Phi) is 8.60. The Hall–Kier alpha value is -3.38. The summed E-state index contributed by atoms with van der Waals surface area (Å²) in [6, 6.07) is 17.7. The molecule has 1 aliphatic heterocycles. The second-order valence-electron chi connectivity index (χ2n) is 9.00. The number of aryl methyl sites for hydroxylation is 1. The van der Waals surface area contributed by atoms with Crippen molar-refractivity contribution in [3.8, 4) is 5.75 Å². The molecule has 0 N–H and O–H groups in total. The van der Waals surface area contributed by atoms with Crippen molar-refractivity contribution in [2.24, 2.45) is 0 Å². The van der Waals surface area contributed by atoms with Crippen molar-refractivity contribution in [2.75, 3.05) is 26.5 Å². The van der Waals surface area contributed by atoms with Gasteiger partial charge < -0.3 is 9.64 Å². The molecule has 2 heterocycles. The number of ether oxygens (including phenoxy) is 1. The highest BCUT2D eigenvalue weighted by molar-refractivity contribution is 7.98. The van der Waals surface area contributed by atoms with Gasteiger partial charge in [-0.3, -0.25) is 9.59 Å². The fraction of sp³-hybridized carbons (Fsp3) is 0.300. The Labute approximate surface area is 217 Å². The third-order valence-corrected chi connectivity index (χ3v) is 7.47. The Morgan fingerprint density at radius 1 is 1.11 bits per heavy atom. The molecule has 0 spiro atoms. The molecular weight excluding hydrogens is 468 g/mol. The third kappa shape index (κ3) is 6.05. The summed E-state index contributed by atoms with van der Waals surface area (Å²) in [6.45, 7) is 3.50. The number of allylic oxidation sites excluding steroid dienone is 1. The van der Waals surface area contributed by atoms with Gasteiger partial charge in [0.1, 0.15) is 10.8 Å². The molecule has 1 aliphatic rings. The number of benzene rings is 2. The van der Waals surface area contributed by atoms with Gasteiger partial charge in [0.15, 0.2) is 5.78 Å². The quantitative estimate of drug-likeness (QED) is 0.264. The molecule has 0 atom stereocenters. The van der Waals surface area contributed by atoms with Gasteiger partial charge in [-0.2, -0.15) is 0 Å². The summed E-state index contributed by atoms with van der Waals surface area (Å²) < 4.78 is 5.26. The third-order valence-electron chi connectivity index (χ3n) is 6.76. The average molecular weight is 501 g/mol. The van der Waals surface area contributed by atoms with Gasteiger partial charge in [-0.1, -0.05) is 30.4 Å². The first kappa shape index (κ1) is 25.7. The number of thioether (sulfide) groups is 1. The fourth-order valence-corrected chi connectivity index (χ4v) is 5.16. The highest BCUT2D eigenvalue weighted by atomic mass is 32.2. The molecule has 4 rings (SSSR count). The van der Waals surface area contributed by atoms with Crippen molar-refractivity contribution in [1.82, 2.24) is 9.88 Å². The number of carbonyl (C=O) groups is 2. The van der Waals surface area contributed by atoms with Gasteiger partial charge in [0.25, 0.3) is 5.91 Å². The van der Waals surface area contributed by atoms with Gasteiger partial charge in [0.2, 0.25) is 0 Å². The Balaban J connectivity index is 1.38. The molecule has 0 aliphatic carbocycles. The van der Waals surface area contributed by atoms with Crippen LogP contribution in [-0.4, -0.2) is 48.0 Å². The molecule has 2 aromatic carbocycles. The van der Waals surface area contributed by atoms with Crippen LogP contribution in [0.4, 0.5) is 0 Å². The molecule has 6 heteroatoms. The van der Waals surface area contributed by atoms with Crippen molar-refractivity contribution < 1.29 is 14.3 Å². The molecular formula is C30H32N2O3S. The lowest BCUT2D eigenvalue weighted by atomic mass is 9.89. The largest absolute Gasteiger partial charge is 0.497 e. The number of pyridine rings is 1. The number of likely N-dealkylation sites (tertiary alicyclic amines) is 1. The average Bonchev–Trinajstić information content (AvgIpc) is 2.93. The molecule has 0 bridgehead atoms. The SMILES string of the molecule is COc1ccc(C2CCN(C(=O)c3ccc(C)c(/C=C/CC(=O)c4cccnc4SC)c3)CC2)cc1. The number of hydrogen-bond acceptors (Lipinski definition) is 5. The van der Waals surface area contributed by atoms with Crippen LogP contribution in [0, 0.1) is 6.92 Å². The van der Waals surface area contributed by atoms with Gasteiger partial charge in [0.05, 0.1) is 12.7 Å². The number of methoxy groups -OCH3 is 1. The van der Waals surface area contributed by atoms with E-state index >= 15 is 0 Å². The van der Waals surface area contributed by atoms with Gasteiger partial charge in [-0.15, -0.1) is 11.8 Å². The van der Waals surface area contributed by atoms with E-state index in [1.165, 1.54) is 17.3 Å². The van der Waals surface area contributed by atoms with Crippen LogP contribution < -0.4 is 4.74 Å². The van der Waals surface area contributed by atoms with Crippen LogP contribution in [0.1, 0.15) is 62.6 Å². The molecule has 0 unspecified atom stereocenters. The summed E-state index contributed by atoms with van der Waals surface area (Å²) in [7, 11) is 1.68. The number of nitrogens with zero attached hydrogens (tertiary/aromatic N) is 2. The minimum Gasteiger partial charge on any atom is -0.497 e. The monoisotopic (exact) mass is 500 g/mol. The minimum atomic E-state index is 0.0355. The predicted octanol–water partition coefficient (Wildman–Crippen LogP) is 6.43. The zero-order valence-corrected chi connectivity index (χ0v) is 21.9. The first-order chi connectivity index (χ1) is 17.5. The predicted molar refractivity (Wildman–Crippen MR) is 146 cm³/mol. The summed E-state index contributed by atoms with van der Waals surface area (Å²) in [6.07, 6.45) is 9.62. The molecule has 0 saturated carbocycles. The maximum atomic E-state index is 13.2. The van der Waals surface area contributed by atoms with E-state index in [9.17, 15) is 9.59 Å². The second-order valence-corrected chi connectivity index (χ2v) is 9.80. The number of hydrogen-bond donors (Lipinski definition) is 0. The number of ketones is 1. The summed E-state index contributed by atoms with van der Waals surface area (Å²) >= 11 is 1.47. The lowest BCUT2D eigenvalue weighted by Gasteiger charge is -2.32. The van der Waals surface area contributed by atoms with Crippen molar-refractivity contribution >= 4 is 29.5 Å². The van der Waals surface area contributed by atoms with Crippen molar-refractivity contribution in [1.29, 1.82) is 0 Å². The second kappa shape index (κ2) is 12.0. The highest BCUT2D eigenvalue weighted by Gasteiger charge is 2.25.